The van der Waals surface area contributed by atoms with Gasteiger partial charge in [0.15, 0.2) is 0 Å². The van der Waals surface area contributed by atoms with Crippen LogP contribution in [0.5, 0.6) is 0 Å². The molecular weight excluding hydrogens is 319 g/mol. The van der Waals surface area contributed by atoms with Crippen LogP contribution in [-0.4, -0.2) is 11.9 Å². The highest BCUT2D eigenvalue weighted by atomic mass is 79.9. The highest BCUT2D eigenvalue weighted by Gasteiger charge is 2.06. The Bertz CT molecular complexity index is 649. The molecule has 0 saturated heterocycles. The first-order chi connectivity index (χ1) is 9.58. The van der Waals surface area contributed by atoms with Gasteiger partial charge in [-0.1, -0.05) is 34.1 Å². The summed E-state index contributed by atoms with van der Waals surface area (Å²) in [5.74, 6) is -0.367. The van der Waals surface area contributed by atoms with Crippen LogP contribution < -0.4 is 0 Å². The topological polar surface area (TPSA) is 27.0 Å². The minimum atomic E-state index is -0.367. The van der Waals surface area contributed by atoms with Crippen molar-refractivity contribution in [2.45, 2.75) is 13.1 Å². The standard InChI is InChI=1S/C16H14BrFN2/c1-20(11-14-4-2-3-5-16(14)17)10-13-6-12(9-19)7-15(18)8-13/h2-8H,10-11H2,1H3. The number of nitrogens with zero attached hydrogens (tertiary/aromatic N) is 2. The molecule has 0 radical (unpaired) electrons. The highest BCUT2D eigenvalue weighted by Crippen LogP contribution is 2.18. The van der Waals surface area contributed by atoms with E-state index in [1.807, 2.05) is 37.4 Å². The zero-order valence-corrected chi connectivity index (χ0v) is 12.7. The number of hydrogen-bond donors (Lipinski definition) is 0. The van der Waals surface area contributed by atoms with Gasteiger partial charge in [0.2, 0.25) is 0 Å². The summed E-state index contributed by atoms with van der Waals surface area (Å²) in [4.78, 5) is 2.08. The normalized spacial score (nSPS) is 10.6. The van der Waals surface area contributed by atoms with Gasteiger partial charge in [-0.15, -0.1) is 0 Å². The van der Waals surface area contributed by atoms with E-state index in [9.17, 15) is 4.39 Å². The van der Waals surface area contributed by atoms with Crippen LogP contribution in [0.3, 0.4) is 0 Å². The van der Waals surface area contributed by atoms with Crippen molar-refractivity contribution in [2.24, 2.45) is 0 Å². The van der Waals surface area contributed by atoms with E-state index in [0.29, 0.717) is 12.1 Å². The Morgan fingerprint density at radius 2 is 1.95 bits per heavy atom. The van der Waals surface area contributed by atoms with Crippen LogP contribution in [0.15, 0.2) is 46.9 Å². The molecule has 4 heteroatoms. The maximum Gasteiger partial charge on any atom is 0.124 e. The third kappa shape index (κ3) is 3.89. The summed E-state index contributed by atoms with van der Waals surface area (Å²) < 4.78 is 14.4. The molecule has 0 amide bonds. The van der Waals surface area contributed by atoms with Crippen molar-refractivity contribution in [1.82, 2.24) is 4.90 Å². The van der Waals surface area contributed by atoms with E-state index in [1.54, 1.807) is 6.07 Å². The van der Waals surface area contributed by atoms with Crippen molar-refractivity contribution in [3.63, 3.8) is 0 Å². The molecule has 0 fully saturated rings. The predicted octanol–water partition coefficient (Wildman–Crippen LogP) is 4.09. The van der Waals surface area contributed by atoms with Gasteiger partial charge in [-0.3, -0.25) is 4.90 Å². The molecule has 0 aliphatic rings. The smallest absolute Gasteiger partial charge is 0.124 e. The van der Waals surface area contributed by atoms with Gasteiger partial charge in [-0.2, -0.15) is 5.26 Å². The maximum absolute atomic E-state index is 13.4. The molecule has 2 aromatic carbocycles. The predicted molar refractivity (Wildman–Crippen MR) is 80.4 cm³/mol. The third-order valence-corrected chi connectivity index (χ3v) is 3.71. The first-order valence-corrected chi connectivity index (χ1v) is 6.99. The van der Waals surface area contributed by atoms with Crippen molar-refractivity contribution in [3.05, 3.63) is 69.4 Å². The van der Waals surface area contributed by atoms with Gasteiger partial charge in [-0.25, -0.2) is 4.39 Å². The van der Waals surface area contributed by atoms with Gasteiger partial charge in [0.25, 0.3) is 0 Å². The highest BCUT2D eigenvalue weighted by molar-refractivity contribution is 9.10. The van der Waals surface area contributed by atoms with Gasteiger partial charge in [0, 0.05) is 17.6 Å². The molecule has 0 spiro atoms. The first-order valence-electron chi connectivity index (χ1n) is 6.20. The Balaban J connectivity index is 2.09. The Kier molecular flexibility index (Phi) is 4.89. The molecule has 0 heterocycles. The van der Waals surface area contributed by atoms with E-state index in [4.69, 9.17) is 5.26 Å². The Hall–Kier alpha value is -1.70. The van der Waals surface area contributed by atoms with E-state index in [1.165, 1.54) is 17.7 Å². The average Bonchev–Trinajstić information content (AvgIpc) is 2.40. The summed E-state index contributed by atoms with van der Waals surface area (Å²) in [5, 5.41) is 8.86. The van der Waals surface area contributed by atoms with Gasteiger partial charge in [0.05, 0.1) is 11.6 Å². The largest absolute Gasteiger partial charge is 0.298 e. The molecule has 0 aliphatic carbocycles. The van der Waals surface area contributed by atoms with Crippen LogP contribution in [0.25, 0.3) is 0 Å². The molecule has 2 aromatic rings. The van der Waals surface area contributed by atoms with Gasteiger partial charge in [-0.05, 0) is 42.4 Å². The SMILES string of the molecule is CN(Cc1cc(F)cc(C#N)c1)Cc1ccccc1Br. The van der Waals surface area contributed by atoms with E-state index < -0.39 is 0 Å². The second-order valence-corrected chi connectivity index (χ2v) is 5.58. The van der Waals surface area contributed by atoms with E-state index in [0.717, 1.165) is 16.6 Å². The fraction of sp³-hybridized carbons (Fsp3) is 0.188. The molecule has 0 atom stereocenters. The number of rotatable bonds is 4. The van der Waals surface area contributed by atoms with Crippen molar-refractivity contribution in [3.8, 4) is 6.07 Å². The van der Waals surface area contributed by atoms with Gasteiger partial charge < -0.3 is 0 Å². The summed E-state index contributed by atoms with van der Waals surface area (Å²) in [7, 11) is 1.97. The number of hydrogen-bond acceptors (Lipinski definition) is 2. The summed E-state index contributed by atoms with van der Waals surface area (Å²) in [6.07, 6.45) is 0. The van der Waals surface area contributed by atoms with Crippen LogP contribution in [0.2, 0.25) is 0 Å². The molecule has 0 aromatic heterocycles. The molecule has 2 rings (SSSR count). The zero-order chi connectivity index (χ0) is 14.5. The van der Waals surface area contributed by atoms with Crippen LogP contribution in [0.1, 0.15) is 16.7 Å². The summed E-state index contributed by atoms with van der Waals surface area (Å²) in [6, 6.07) is 14.4. The lowest BCUT2D eigenvalue weighted by Gasteiger charge is -2.18. The maximum atomic E-state index is 13.4. The minimum absolute atomic E-state index is 0.356. The van der Waals surface area contributed by atoms with Gasteiger partial charge >= 0.3 is 0 Å². The third-order valence-electron chi connectivity index (χ3n) is 2.94. The molecule has 0 aliphatic heterocycles. The van der Waals surface area contributed by atoms with Crippen molar-refractivity contribution < 1.29 is 4.39 Å². The quantitative estimate of drug-likeness (QED) is 0.843. The fourth-order valence-corrected chi connectivity index (χ4v) is 2.50. The number of halogens is 2. The second kappa shape index (κ2) is 6.65. The molecule has 0 saturated carbocycles. The molecule has 20 heavy (non-hydrogen) atoms. The van der Waals surface area contributed by atoms with E-state index in [-0.39, 0.29) is 5.82 Å². The van der Waals surface area contributed by atoms with Crippen LogP contribution >= 0.6 is 15.9 Å². The Labute approximate surface area is 126 Å². The lowest BCUT2D eigenvalue weighted by molar-refractivity contribution is 0.318. The molecule has 2 nitrogen and oxygen atoms in total. The van der Waals surface area contributed by atoms with Crippen molar-refractivity contribution in [1.29, 1.82) is 5.26 Å². The summed E-state index contributed by atoms with van der Waals surface area (Å²) in [6.45, 7) is 1.34. The van der Waals surface area contributed by atoms with Crippen LogP contribution in [-0.2, 0) is 13.1 Å². The molecule has 102 valence electrons. The number of nitriles is 1. The zero-order valence-electron chi connectivity index (χ0n) is 11.1. The monoisotopic (exact) mass is 332 g/mol. The van der Waals surface area contributed by atoms with Crippen LogP contribution in [0, 0.1) is 17.1 Å². The lowest BCUT2D eigenvalue weighted by atomic mass is 10.1. The molecule has 0 unspecified atom stereocenters. The fourth-order valence-electron chi connectivity index (χ4n) is 2.09. The summed E-state index contributed by atoms with van der Waals surface area (Å²) in [5.41, 5.74) is 2.33. The van der Waals surface area contributed by atoms with E-state index in [2.05, 4.69) is 20.8 Å². The van der Waals surface area contributed by atoms with Crippen molar-refractivity contribution >= 4 is 15.9 Å². The van der Waals surface area contributed by atoms with Crippen LogP contribution in [0.4, 0.5) is 4.39 Å². The Morgan fingerprint density at radius 3 is 2.65 bits per heavy atom. The van der Waals surface area contributed by atoms with E-state index >= 15 is 0 Å². The Morgan fingerprint density at radius 1 is 1.20 bits per heavy atom. The minimum Gasteiger partial charge on any atom is -0.298 e. The van der Waals surface area contributed by atoms with Crippen molar-refractivity contribution in [2.75, 3.05) is 7.05 Å². The molecule has 0 N–H and O–H groups in total. The van der Waals surface area contributed by atoms with Gasteiger partial charge in [0.1, 0.15) is 5.82 Å². The lowest BCUT2D eigenvalue weighted by Crippen LogP contribution is -2.17. The number of benzene rings is 2. The first kappa shape index (κ1) is 14.7. The average molecular weight is 333 g/mol. The second-order valence-electron chi connectivity index (χ2n) is 4.72. The molecular formula is C16H14BrFN2. The summed E-state index contributed by atoms with van der Waals surface area (Å²) >= 11 is 3.51. The molecule has 0 bridgehead atoms.